The maximum Gasteiger partial charge on any atom is 0.318 e. The number of anilines is 1. The van der Waals surface area contributed by atoms with Crippen LogP contribution in [0.2, 0.25) is 0 Å². The zero-order valence-corrected chi connectivity index (χ0v) is 10.4. The molecular formula is C11H16N6O2. The molecule has 2 aromatic rings. The molecule has 0 saturated carbocycles. The van der Waals surface area contributed by atoms with Gasteiger partial charge in [0.25, 0.3) is 5.95 Å². The molecule has 8 nitrogen and oxygen atoms in total. The van der Waals surface area contributed by atoms with E-state index >= 15 is 0 Å². The molecule has 0 unspecified atom stereocenters. The topological polar surface area (TPSA) is 119 Å². The van der Waals surface area contributed by atoms with Gasteiger partial charge >= 0.3 is 5.52 Å². The highest BCUT2D eigenvalue weighted by molar-refractivity contribution is 5.72. The Kier molecular flexibility index (Phi) is 3.93. The molecule has 1 heterocycles. The number of fused-ring (bicyclic) bond motifs is 1. The third kappa shape index (κ3) is 2.49. The summed E-state index contributed by atoms with van der Waals surface area (Å²) in [5, 5.41) is 16.0. The number of aromatic nitrogens is 3. The third-order valence-corrected chi connectivity index (χ3v) is 2.75. The van der Waals surface area contributed by atoms with Crippen molar-refractivity contribution in [3.63, 3.8) is 0 Å². The zero-order valence-electron chi connectivity index (χ0n) is 10.4. The lowest BCUT2D eigenvalue weighted by Gasteiger charge is -2.25. The number of nitrogens with zero attached hydrogens (tertiary/aromatic N) is 4. The predicted octanol–water partition coefficient (Wildman–Crippen LogP) is -0.979. The van der Waals surface area contributed by atoms with Gasteiger partial charge in [-0.15, -0.1) is 0 Å². The average molecular weight is 264 g/mol. The molecule has 4 N–H and O–H groups in total. The van der Waals surface area contributed by atoms with Gasteiger partial charge in [-0.1, -0.05) is 12.1 Å². The van der Waals surface area contributed by atoms with Crippen molar-refractivity contribution < 1.29 is 4.54 Å². The van der Waals surface area contributed by atoms with Crippen molar-refractivity contribution in [1.29, 1.82) is 0 Å². The summed E-state index contributed by atoms with van der Waals surface area (Å²) in [5.41, 5.74) is 11.5. The second-order valence-corrected chi connectivity index (χ2v) is 4.02. The fourth-order valence-corrected chi connectivity index (χ4v) is 1.90. The van der Waals surface area contributed by atoms with Crippen molar-refractivity contribution in [2.24, 2.45) is 11.5 Å². The van der Waals surface area contributed by atoms with Gasteiger partial charge in [0.2, 0.25) is 0 Å². The van der Waals surface area contributed by atoms with Crippen LogP contribution in [0.5, 0.6) is 0 Å². The van der Waals surface area contributed by atoms with Crippen LogP contribution in [0.3, 0.4) is 0 Å². The molecule has 0 saturated heterocycles. The van der Waals surface area contributed by atoms with Crippen LogP contribution in [0.4, 0.5) is 5.95 Å². The van der Waals surface area contributed by atoms with Gasteiger partial charge in [0.05, 0.1) is 10.0 Å². The van der Waals surface area contributed by atoms with Gasteiger partial charge in [0.15, 0.2) is 4.54 Å². The van der Waals surface area contributed by atoms with Gasteiger partial charge < -0.3 is 26.3 Å². The third-order valence-electron chi connectivity index (χ3n) is 2.75. The van der Waals surface area contributed by atoms with E-state index in [1.807, 2.05) is 0 Å². The first-order chi connectivity index (χ1) is 9.19. The molecule has 19 heavy (non-hydrogen) atoms. The van der Waals surface area contributed by atoms with E-state index < -0.39 is 0 Å². The Bertz CT molecular complexity index is 620. The molecule has 1 aromatic heterocycles. The zero-order chi connectivity index (χ0) is 13.8. The number of hydrogen-bond acceptors (Lipinski definition) is 6. The first-order valence-electron chi connectivity index (χ1n) is 5.96. The second-order valence-electron chi connectivity index (χ2n) is 4.02. The van der Waals surface area contributed by atoms with E-state index in [9.17, 15) is 10.1 Å². The predicted molar refractivity (Wildman–Crippen MR) is 72.2 cm³/mol. The van der Waals surface area contributed by atoms with Gasteiger partial charge in [0.1, 0.15) is 5.52 Å². The summed E-state index contributed by atoms with van der Waals surface area (Å²) >= 11 is 0. The van der Waals surface area contributed by atoms with Crippen LogP contribution in [0.1, 0.15) is 0 Å². The molecule has 0 spiro atoms. The molecule has 0 atom stereocenters. The lowest BCUT2D eigenvalue weighted by Crippen LogP contribution is -2.39. The molecule has 0 aliphatic carbocycles. The van der Waals surface area contributed by atoms with Crippen LogP contribution < -0.4 is 20.9 Å². The van der Waals surface area contributed by atoms with E-state index in [1.165, 1.54) is 0 Å². The van der Waals surface area contributed by atoms with Crippen LogP contribution in [-0.4, -0.2) is 36.0 Å². The van der Waals surface area contributed by atoms with Gasteiger partial charge in [-0.2, -0.15) is 0 Å². The fraction of sp³-hybridized carbons (Fsp3) is 0.364. The summed E-state index contributed by atoms with van der Waals surface area (Å²) in [6.07, 6.45) is 0. The molecule has 0 fully saturated rings. The molecule has 2 rings (SSSR count). The standard InChI is InChI=1S/C11H16N6O2/c12-5-7-15(8-6-13)11-14-17(19)10-4-2-1-3-9(10)16(11)18/h1-4H,5-8,12-13H2. The van der Waals surface area contributed by atoms with Crippen molar-refractivity contribution in [2.45, 2.75) is 0 Å². The van der Waals surface area contributed by atoms with E-state index in [2.05, 4.69) is 5.10 Å². The molecule has 1 aromatic carbocycles. The Hall–Kier alpha value is -2.19. The van der Waals surface area contributed by atoms with Gasteiger partial charge in [-0.25, -0.2) is 0 Å². The van der Waals surface area contributed by atoms with Crippen molar-refractivity contribution in [3.8, 4) is 0 Å². The maximum absolute atomic E-state index is 12.3. The van der Waals surface area contributed by atoms with Crippen molar-refractivity contribution >= 4 is 17.0 Å². The maximum atomic E-state index is 12.3. The number of nitrogens with two attached hydrogens (primary N) is 2. The molecule has 0 aliphatic heterocycles. The van der Waals surface area contributed by atoms with Crippen LogP contribution in [0.25, 0.3) is 11.0 Å². The smallest absolute Gasteiger partial charge is 0.318 e. The summed E-state index contributed by atoms with van der Waals surface area (Å²) in [6.45, 7) is 1.50. The Morgan fingerprint density at radius 2 is 1.89 bits per heavy atom. The summed E-state index contributed by atoms with van der Waals surface area (Å²) in [5.74, 6) is 0.0181. The molecule has 0 amide bonds. The van der Waals surface area contributed by atoms with Gasteiger partial charge in [-0.05, 0) is 6.07 Å². The fourth-order valence-electron chi connectivity index (χ4n) is 1.90. The quantitative estimate of drug-likeness (QED) is 0.670. The normalized spacial score (nSPS) is 10.8. The SMILES string of the molecule is NCCN(CCN)c1n[n+](=O)c2ccccc2n1[O-]. The monoisotopic (exact) mass is 264 g/mol. The molecule has 0 radical (unpaired) electrons. The van der Waals surface area contributed by atoms with Crippen LogP contribution >= 0.6 is 0 Å². The number of benzene rings is 1. The number of para-hydroxylation sites is 2. The van der Waals surface area contributed by atoms with Crippen molar-refractivity contribution in [1.82, 2.24) is 9.83 Å². The average Bonchev–Trinajstić information content (AvgIpc) is 2.43. The van der Waals surface area contributed by atoms with E-state index in [1.54, 1.807) is 29.2 Å². The molecule has 102 valence electrons. The molecule has 0 aliphatic rings. The van der Waals surface area contributed by atoms with Gasteiger partial charge in [0, 0.05) is 32.2 Å². The minimum absolute atomic E-state index is 0.0181. The Morgan fingerprint density at radius 3 is 2.53 bits per heavy atom. The van der Waals surface area contributed by atoms with Crippen LogP contribution in [0, 0.1) is 10.1 Å². The second kappa shape index (κ2) is 5.63. The summed E-state index contributed by atoms with van der Waals surface area (Å²) in [4.78, 5) is 13.4. The highest BCUT2D eigenvalue weighted by Gasteiger charge is 2.17. The highest BCUT2D eigenvalue weighted by Crippen LogP contribution is 2.14. The van der Waals surface area contributed by atoms with E-state index in [-0.39, 0.29) is 17.0 Å². The van der Waals surface area contributed by atoms with E-state index in [4.69, 9.17) is 11.5 Å². The number of hydrogen-bond donors (Lipinski definition) is 2. The molecule has 8 heteroatoms. The van der Waals surface area contributed by atoms with Crippen LogP contribution in [-0.2, 0) is 0 Å². The molecular weight excluding hydrogens is 248 g/mol. The first-order valence-corrected chi connectivity index (χ1v) is 5.96. The lowest BCUT2D eigenvalue weighted by atomic mass is 10.3. The first kappa shape index (κ1) is 13.2. The summed E-state index contributed by atoms with van der Waals surface area (Å²) in [6, 6.07) is 6.49. The minimum atomic E-state index is 0.0181. The largest absolute Gasteiger partial charge is 0.803 e. The Labute approximate surface area is 109 Å². The number of rotatable bonds is 5. The van der Waals surface area contributed by atoms with E-state index in [0.29, 0.717) is 35.5 Å². The Balaban J connectivity index is 2.60. The summed E-state index contributed by atoms with van der Waals surface area (Å²) < 4.78 is 1.08. The minimum Gasteiger partial charge on any atom is -0.803 e. The molecule has 0 bridgehead atoms. The van der Waals surface area contributed by atoms with Gasteiger partial charge in [-0.3, -0.25) is 0 Å². The van der Waals surface area contributed by atoms with Crippen molar-refractivity contribution in [3.05, 3.63) is 34.4 Å². The summed E-state index contributed by atoms with van der Waals surface area (Å²) in [7, 11) is 0. The Morgan fingerprint density at radius 1 is 1.26 bits per heavy atom. The van der Waals surface area contributed by atoms with Crippen LogP contribution in [0.15, 0.2) is 24.3 Å². The van der Waals surface area contributed by atoms with Crippen molar-refractivity contribution in [2.75, 3.05) is 31.1 Å². The van der Waals surface area contributed by atoms with E-state index in [0.717, 1.165) is 0 Å². The lowest BCUT2D eigenvalue weighted by molar-refractivity contribution is -0.535. The highest BCUT2D eigenvalue weighted by atomic mass is 16.5.